The molecule has 0 fully saturated rings. The minimum atomic E-state index is 0. The molecule has 0 N–H and O–H groups in total. The molecule has 32 heavy (non-hydrogen) atoms. The van der Waals surface area contributed by atoms with Gasteiger partial charge in [-0.25, -0.2) is 0 Å². The standard InChI is InChI=1S/2C12H11P.C3H8.2ClH.Pd/c2*1-3-7-11(8-4-1)13-12-9-5-2-6-10-12;1-3-2;;;/h2*1-10,13H;3H2,1-2H3;2*1H;/q;;;;;+2/p-2. The Morgan fingerprint density at radius 1 is 0.406 bits per heavy atom. The van der Waals surface area contributed by atoms with Crippen molar-refractivity contribution in [1.29, 1.82) is 0 Å². The first-order valence-corrected chi connectivity index (χ1v) is 12.1. The van der Waals surface area contributed by atoms with Crippen molar-refractivity contribution in [3.63, 3.8) is 0 Å². The summed E-state index contributed by atoms with van der Waals surface area (Å²) >= 11 is 0. The van der Waals surface area contributed by atoms with Gasteiger partial charge in [0.15, 0.2) is 0 Å². The molecule has 4 rings (SSSR count). The molecule has 0 aliphatic heterocycles. The van der Waals surface area contributed by atoms with Crippen LogP contribution < -0.4 is 46.0 Å². The van der Waals surface area contributed by atoms with Gasteiger partial charge in [-0.3, -0.25) is 0 Å². The van der Waals surface area contributed by atoms with E-state index in [-0.39, 0.29) is 45.2 Å². The number of benzene rings is 4. The van der Waals surface area contributed by atoms with E-state index in [4.69, 9.17) is 0 Å². The molecule has 0 radical (unpaired) electrons. The van der Waals surface area contributed by atoms with Gasteiger partial charge in [0.2, 0.25) is 0 Å². The molecule has 172 valence electrons. The zero-order valence-electron chi connectivity index (χ0n) is 18.3. The largest absolute Gasteiger partial charge is 2.00 e. The van der Waals surface area contributed by atoms with Crippen LogP contribution in [0.4, 0.5) is 0 Å². The van der Waals surface area contributed by atoms with Gasteiger partial charge in [-0.15, -0.1) is 0 Å². The normalized spacial score (nSPS) is 8.56. The van der Waals surface area contributed by atoms with E-state index in [9.17, 15) is 0 Å². The summed E-state index contributed by atoms with van der Waals surface area (Å²) in [7, 11) is 1.55. The Morgan fingerprint density at radius 3 is 0.719 bits per heavy atom. The molecule has 4 aromatic rings. The Kier molecular flexibility index (Phi) is 22.6. The molecule has 0 atom stereocenters. The summed E-state index contributed by atoms with van der Waals surface area (Å²) in [5.74, 6) is 0. The number of hydrogen-bond donors (Lipinski definition) is 0. The van der Waals surface area contributed by atoms with Crippen molar-refractivity contribution in [2.75, 3.05) is 0 Å². The number of rotatable bonds is 4. The molecule has 0 spiro atoms. The van der Waals surface area contributed by atoms with Crippen LogP contribution in [-0.2, 0) is 20.4 Å². The fourth-order valence-corrected chi connectivity index (χ4v) is 4.52. The average molecular weight is 594 g/mol. The maximum Gasteiger partial charge on any atom is 2.00 e. The van der Waals surface area contributed by atoms with Crippen LogP contribution in [-0.4, -0.2) is 0 Å². The third-order valence-electron chi connectivity index (χ3n) is 3.67. The Bertz CT molecular complexity index is 742. The van der Waals surface area contributed by atoms with E-state index in [0.717, 1.165) is 17.2 Å². The molecule has 0 aromatic heterocycles. The first-order valence-electron chi connectivity index (χ1n) is 10.1. The summed E-state index contributed by atoms with van der Waals surface area (Å²) in [5.41, 5.74) is 0. The summed E-state index contributed by atoms with van der Waals surface area (Å²) in [6.07, 6.45) is 1.25. The van der Waals surface area contributed by atoms with Crippen molar-refractivity contribution in [1.82, 2.24) is 0 Å². The van der Waals surface area contributed by atoms with Crippen LogP contribution in [0.1, 0.15) is 20.3 Å². The second-order valence-electron chi connectivity index (χ2n) is 6.42. The van der Waals surface area contributed by atoms with E-state index in [1.54, 1.807) is 0 Å². The third kappa shape index (κ3) is 14.9. The van der Waals surface area contributed by atoms with E-state index in [1.165, 1.54) is 27.6 Å². The maximum absolute atomic E-state index is 2.17. The van der Waals surface area contributed by atoms with Gasteiger partial charge in [0.1, 0.15) is 0 Å². The molecule has 0 heterocycles. The minimum absolute atomic E-state index is 0. The smallest absolute Gasteiger partial charge is 1.00 e. The van der Waals surface area contributed by atoms with Crippen molar-refractivity contribution in [3.8, 4) is 0 Å². The second-order valence-corrected chi connectivity index (χ2v) is 9.23. The van der Waals surface area contributed by atoms with Crippen molar-refractivity contribution in [2.24, 2.45) is 0 Å². The Labute approximate surface area is 224 Å². The minimum Gasteiger partial charge on any atom is -1.00 e. The van der Waals surface area contributed by atoms with E-state index in [1.807, 2.05) is 0 Å². The predicted molar refractivity (Wildman–Crippen MR) is 137 cm³/mol. The van der Waals surface area contributed by atoms with Gasteiger partial charge in [0, 0.05) is 0 Å². The molecular formula is C27H30Cl2P2Pd. The van der Waals surface area contributed by atoms with Gasteiger partial charge in [-0.1, -0.05) is 159 Å². The molecule has 4 aromatic carbocycles. The predicted octanol–water partition coefficient (Wildman–Crippen LogP) is 0.0536. The molecule has 0 aliphatic rings. The molecule has 0 amide bonds. The first-order chi connectivity index (χ1) is 14.3. The summed E-state index contributed by atoms with van der Waals surface area (Å²) in [6.45, 7) is 4.25. The van der Waals surface area contributed by atoms with Crippen LogP contribution in [0.2, 0.25) is 0 Å². The van der Waals surface area contributed by atoms with Crippen molar-refractivity contribution in [2.45, 2.75) is 20.3 Å². The molecule has 0 nitrogen and oxygen atoms in total. The summed E-state index contributed by atoms with van der Waals surface area (Å²) in [6, 6.07) is 42.3. The van der Waals surface area contributed by atoms with Gasteiger partial charge in [0.25, 0.3) is 0 Å². The molecule has 5 heteroatoms. The fraction of sp³-hybridized carbons (Fsp3) is 0.111. The van der Waals surface area contributed by atoms with Gasteiger partial charge in [0.05, 0.1) is 0 Å². The van der Waals surface area contributed by atoms with E-state index in [2.05, 4.69) is 135 Å². The fourth-order valence-electron chi connectivity index (χ4n) is 2.42. The number of hydrogen-bond acceptors (Lipinski definition) is 0. The van der Waals surface area contributed by atoms with Gasteiger partial charge in [-0.2, -0.15) is 0 Å². The molecule has 0 aliphatic carbocycles. The van der Waals surface area contributed by atoms with Crippen molar-refractivity contribution >= 4 is 38.4 Å². The maximum atomic E-state index is 2.17. The first kappa shape index (κ1) is 33.2. The van der Waals surface area contributed by atoms with Crippen LogP contribution in [0, 0.1) is 0 Å². The Morgan fingerprint density at radius 2 is 0.562 bits per heavy atom. The average Bonchev–Trinajstić information content (AvgIpc) is 2.78. The van der Waals surface area contributed by atoms with Gasteiger partial charge < -0.3 is 24.8 Å². The SMILES string of the molecule is CCC.[Cl-].[Cl-].[Pd+2].c1ccc(Pc2ccccc2)cc1.c1ccc(Pc2ccccc2)cc1. The Hall–Kier alpha value is -1.02. The topological polar surface area (TPSA) is 0 Å². The van der Waals surface area contributed by atoms with E-state index in [0.29, 0.717) is 0 Å². The quantitative estimate of drug-likeness (QED) is 0.232. The van der Waals surface area contributed by atoms with E-state index < -0.39 is 0 Å². The summed E-state index contributed by atoms with van der Waals surface area (Å²) in [4.78, 5) is 0. The zero-order valence-corrected chi connectivity index (χ0v) is 23.4. The van der Waals surface area contributed by atoms with Crippen LogP contribution in [0.25, 0.3) is 0 Å². The van der Waals surface area contributed by atoms with Gasteiger partial charge >= 0.3 is 20.4 Å². The molecular weight excluding hydrogens is 564 g/mol. The van der Waals surface area contributed by atoms with Crippen LogP contribution >= 0.6 is 17.2 Å². The number of halogens is 2. The Balaban J connectivity index is 0. The van der Waals surface area contributed by atoms with Crippen LogP contribution in [0.5, 0.6) is 0 Å². The van der Waals surface area contributed by atoms with E-state index >= 15 is 0 Å². The third-order valence-corrected chi connectivity index (χ3v) is 6.16. The van der Waals surface area contributed by atoms with Crippen LogP contribution in [0.15, 0.2) is 121 Å². The summed E-state index contributed by atoms with van der Waals surface area (Å²) in [5, 5.41) is 5.59. The summed E-state index contributed by atoms with van der Waals surface area (Å²) < 4.78 is 0. The van der Waals surface area contributed by atoms with Crippen molar-refractivity contribution in [3.05, 3.63) is 121 Å². The second kappa shape index (κ2) is 21.8. The molecule has 0 saturated heterocycles. The van der Waals surface area contributed by atoms with Crippen LogP contribution in [0.3, 0.4) is 0 Å². The monoisotopic (exact) mass is 592 g/mol. The zero-order chi connectivity index (χ0) is 20.6. The van der Waals surface area contributed by atoms with Crippen molar-refractivity contribution < 1.29 is 45.2 Å². The molecule has 0 bridgehead atoms. The molecule has 0 unspecified atom stereocenters. The molecule has 0 saturated carbocycles. The van der Waals surface area contributed by atoms with Gasteiger partial charge in [-0.05, 0) is 21.2 Å².